The molecule has 0 radical (unpaired) electrons. The highest BCUT2D eigenvalue weighted by atomic mass is 16.5. The van der Waals surface area contributed by atoms with Crippen LogP contribution in [0.2, 0.25) is 0 Å². The number of carbonyl (C=O) groups is 1. The molecule has 2 heterocycles. The van der Waals surface area contributed by atoms with Crippen molar-refractivity contribution in [3.05, 3.63) is 40.8 Å². The number of nitrogens with zero attached hydrogens (tertiary/aromatic N) is 2. The van der Waals surface area contributed by atoms with Crippen LogP contribution in [0.15, 0.2) is 22.7 Å². The van der Waals surface area contributed by atoms with Crippen LogP contribution in [0, 0.1) is 13.8 Å². The standard InChI is InChI=1S/C19H24N2O4/c1-12-15(13(2)25-20-12)11-19(22)21-9-5-6-16(21)14-7-8-17(23-3)18(10-14)24-4/h7-8,10,16H,5-6,9,11H2,1-4H3. The van der Waals surface area contributed by atoms with Crippen molar-refractivity contribution in [1.29, 1.82) is 0 Å². The number of methoxy groups -OCH3 is 2. The number of hydrogen-bond acceptors (Lipinski definition) is 5. The minimum absolute atomic E-state index is 0.0628. The summed E-state index contributed by atoms with van der Waals surface area (Å²) in [6, 6.07) is 5.93. The molecule has 25 heavy (non-hydrogen) atoms. The van der Waals surface area contributed by atoms with Gasteiger partial charge in [-0.2, -0.15) is 0 Å². The summed E-state index contributed by atoms with van der Waals surface area (Å²) in [5.41, 5.74) is 2.75. The quantitative estimate of drug-likeness (QED) is 0.833. The van der Waals surface area contributed by atoms with Crippen LogP contribution in [0.4, 0.5) is 0 Å². The number of amides is 1. The van der Waals surface area contributed by atoms with Gasteiger partial charge in [-0.3, -0.25) is 4.79 Å². The second kappa shape index (κ2) is 7.17. The van der Waals surface area contributed by atoms with Gasteiger partial charge in [-0.25, -0.2) is 0 Å². The summed E-state index contributed by atoms with van der Waals surface area (Å²) in [5.74, 6) is 2.20. The highest BCUT2D eigenvalue weighted by Gasteiger charge is 2.31. The lowest BCUT2D eigenvalue weighted by molar-refractivity contribution is -0.131. The maximum Gasteiger partial charge on any atom is 0.227 e. The van der Waals surface area contributed by atoms with E-state index in [-0.39, 0.29) is 11.9 Å². The Morgan fingerprint density at radius 1 is 1.28 bits per heavy atom. The van der Waals surface area contributed by atoms with Gasteiger partial charge in [0, 0.05) is 12.1 Å². The van der Waals surface area contributed by atoms with Crippen LogP contribution in [0.1, 0.15) is 41.5 Å². The molecule has 0 N–H and O–H groups in total. The second-order valence-corrected chi connectivity index (χ2v) is 6.34. The van der Waals surface area contributed by atoms with Crippen molar-refractivity contribution >= 4 is 5.91 Å². The Morgan fingerprint density at radius 2 is 2.04 bits per heavy atom. The average Bonchev–Trinajstić information content (AvgIpc) is 3.23. The molecular weight excluding hydrogens is 320 g/mol. The number of aromatic nitrogens is 1. The van der Waals surface area contributed by atoms with E-state index >= 15 is 0 Å². The molecule has 1 atom stereocenters. The summed E-state index contributed by atoms with van der Waals surface area (Å²) in [5, 5.41) is 3.94. The van der Waals surface area contributed by atoms with Gasteiger partial charge in [0.05, 0.1) is 32.4 Å². The van der Waals surface area contributed by atoms with E-state index in [0.717, 1.165) is 36.2 Å². The molecule has 1 aliphatic heterocycles. The summed E-state index contributed by atoms with van der Waals surface area (Å²) in [6.45, 7) is 4.48. The smallest absolute Gasteiger partial charge is 0.227 e. The highest BCUT2D eigenvalue weighted by molar-refractivity contribution is 5.80. The molecule has 1 aromatic carbocycles. The van der Waals surface area contributed by atoms with Gasteiger partial charge < -0.3 is 18.9 Å². The number of likely N-dealkylation sites (tertiary alicyclic amines) is 1. The van der Waals surface area contributed by atoms with Gasteiger partial charge in [0.15, 0.2) is 11.5 Å². The third kappa shape index (κ3) is 3.34. The van der Waals surface area contributed by atoms with Crippen LogP contribution in [0.25, 0.3) is 0 Å². The highest BCUT2D eigenvalue weighted by Crippen LogP contribution is 2.37. The molecule has 2 aromatic rings. The summed E-state index contributed by atoms with van der Waals surface area (Å²) in [6.07, 6.45) is 2.26. The predicted octanol–water partition coefficient (Wildman–Crippen LogP) is 3.21. The molecule has 0 spiro atoms. The number of ether oxygens (including phenoxy) is 2. The number of carbonyl (C=O) groups excluding carboxylic acids is 1. The Morgan fingerprint density at radius 3 is 2.68 bits per heavy atom. The first-order valence-electron chi connectivity index (χ1n) is 8.48. The maximum absolute atomic E-state index is 12.9. The van der Waals surface area contributed by atoms with Crippen molar-refractivity contribution in [2.24, 2.45) is 0 Å². The van der Waals surface area contributed by atoms with E-state index in [1.54, 1.807) is 14.2 Å². The topological polar surface area (TPSA) is 64.8 Å². The van der Waals surface area contributed by atoms with E-state index in [4.69, 9.17) is 14.0 Å². The Bertz CT molecular complexity index is 749. The molecule has 0 saturated carbocycles. The van der Waals surface area contributed by atoms with Crippen molar-refractivity contribution in [3.63, 3.8) is 0 Å². The summed E-state index contributed by atoms with van der Waals surface area (Å²) >= 11 is 0. The molecule has 1 saturated heterocycles. The Kier molecular flexibility index (Phi) is 4.97. The first-order valence-corrected chi connectivity index (χ1v) is 8.48. The third-order valence-corrected chi connectivity index (χ3v) is 4.87. The minimum Gasteiger partial charge on any atom is -0.493 e. The molecule has 6 nitrogen and oxygen atoms in total. The minimum atomic E-state index is 0.0628. The number of aryl methyl sites for hydroxylation is 2. The molecule has 0 aliphatic carbocycles. The first kappa shape index (κ1) is 17.3. The lowest BCUT2D eigenvalue weighted by Gasteiger charge is -2.26. The van der Waals surface area contributed by atoms with Crippen LogP contribution >= 0.6 is 0 Å². The van der Waals surface area contributed by atoms with E-state index in [2.05, 4.69) is 5.16 Å². The average molecular weight is 344 g/mol. The second-order valence-electron chi connectivity index (χ2n) is 6.34. The zero-order valence-electron chi connectivity index (χ0n) is 15.2. The van der Waals surface area contributed by atoms with E-state index in [0.29, 0.717) is 23.7 Å². The largest absolute Gasteiger partial charge is 0.493 e. The van der Waals surface area contributed by atoms with Gasteiger partial charge in [0.2, 0.25) is 5.91 Å². The van der Waals surface area contributed by atoms with Gasteiger partial charge in [-0.1, -0.05) is 11.2 Å². The van der Waals surface area contributed by atoms with E-state index in [1.165, 1.54) is 0 Å². The predicted molar refractivity (Wildman–Crippen MR) is 92.9 cm³/mol. The Balaban J connectivity index is 1.82. The van der Waals surface area contributed by atoms with Crippen molar-refractivity contribution < 1.29 is 18.8 Å². The van der Waals surface area contributed by atoms with Gasteiger partial charge >= 0.3 is 0 Å². The maximum atomic E-state index is 12.9. The first-order chi connectivity index (χ1) is 12.0. The van der Waals surface area contributed by atoms with Crippen molar-refractivity contribution in [3.8, 4) is 11.5 Å². The zero-order chi connectivity index (χ0) is 18.0. The van der Waals surface area contributed by atoms with Crippen LogP contribution in [0.3, 0.4) is 0 Å². The van der Waals surface area contributed by atoms with Gasteiger partial charge in [-0.05, 0) is 44.4 Å². The molecule has 1 fully saturated rings. The van der Waals surface area contributed by atoms with Crippen LogP contribution in [0.5, 0.6) is 11.5 Å². The molecule has 1 unspecified atom stereocenters. The number of benzene rings is 1. The van der Waals surface area contributed by atoms with Crippen LogP contribution < -0.4 is 9.47 Å². The monoisotopic (exact) mass is 344 g/mol. The van der Waals surface area contributed by atoms with Crippen molar-refractivity contribution in [2.45, 2.75) is 39.2 Å². The molecule has 134 valence electrons. The van der Waals surface area contributed by atoms with Crippen molar-refractivity contribution in [2.75, 3.05) is 20.8 Å². The third-order valence-electron chi connectivity index (χ3n) is 4.87. The fraction of sp³-hybridized carbons (Fsp3) is 0.474. The molecule has 1 amide bonds. The normalized spacial score (nSPS) is 17.0. The summed E-state index contributed by atoms with van der Waals surface area (Å²) < 4.78 is 15.9. The van der Waals surface area contributed by atoms with Gasteiger partial charge in [0.1, 0.15) is 5.76 Å². The summed E-state index contributed by atoms with van der Waals surface area (Å²) in [7, 11) is 3.24. The Hall–Kier alpha value is -2.50. The van der Waals surface area contributed by atoms with Gasteiger partial charge in [-0.15, -0.1) is 0 Å². The number of rotatable bonds is 5. The zero-order valence-corrected chi connectivity index (χ0v) is 15.2. The Labute approximate surface area is 147 Å². The SMILES string of the molecule is COc1ccc(C2CCCN2C(=O)Cc2c(C)noc2C)cc1OC. The molecule has 0 bridgehead atoms. The van der Waals surface area contributed by atoms with Crippen molar-refractivity contribution in [1.82, 2.24) is 10.1 Å². The van der Waals surface area contributed by atoms with E-state index in [1.807, 2.05) is 36.9 Å². The number of hydrogen-bond donors (Lipinski definition) is 0. The van der Waals surface area contributed by atoms with E-state index < -0.39 is 0 Å². The fourth-order valence-corrected chi connectivity index (χ4v) is 3.48. The fourth-order valence-electron chi connectivity index (χ4n) is 3.48. The van der Waals surface area contributed by atoms with Gasteiger partial charge in [0.25, 0.3) is 0 Å². The lowest BCUT2D eigenvalue weighted by atomic mass is 10.0. The molecule has 3 rings (SSSR count). The molecule has 6 heteroatoms. The molecular formula is C19H24N2O4. The molecule has 1 aliphatic rings. The van der Waals surface area contributed by atoms with Crippen LogP contribution in [-0.4, -0.2) is 36.7 Å². The summed E-state index contributed by atoms with van der Waals surface area (Å²) in [4.78, 5) is 14.8. The van der Waals surface area contributed by atoms with E-state index in [9.17, 15) is 4.79 Å². The lowest BCUT2D eigenvalue weighted by Crippen LogP contribution is -2.32. The molecule has 1 aromatic heterocycles. The van der Waals surface area contributed by atoms with Crippen LogP contribution in [-0.2, 0) is 11.2 Å².